The molecule has 0 radical (unpaired) electrons. The maximum absolute atomic E-state index is 4.38. The number of fused-ring (bicyclic) bond motifs is 1. The lowest BCUT2D eigenvalue weighted by Gasteiger charge is -2.14. The average Bonchev–Trinajstić information content (AvgIpc) is 3.07. The highest BCUT2D eigenvalue weighted by Gasteiger charge is 2.14. The summed E-state index contributed by atoms with van der Waals surface area (Å²) in [5, 5.41) is 12.0. The molecule has 26 heavy (non-hydrogen) atoms. The van der Waals surface area contributed by atoms with Gasteiger partial charge in [0.1, 0.15) is 6.33 Å². The fraction of sp³-hybridized carbons (Fsp3) is 0.200. The molecular formula is C20H20N6. The molecule has 1 N–H and O–H groups in total. The molecule has 6 nitrogen and oxygen atoms in total. The summed E-state index contributed by atoms with van der Waals surface area (Å²) in [6.07, 6.45) is 2.47. The summed E-state index contributed by atoms with van der Waals surface area (Å²) in [5.74, 6) is 0.720. The lowest BCUT2D eigenvalue weighted by Crippen LogP contribution is -2.19. The number of aromatic nitrogens is 5. The quantitative estimate of drug-likeness (QED) is 0.581. The highest BCUT2D eigenvalue weighted by molar-refractivity contribution is 5.82. The van der Waals surface area contributed by atoms with Gasteiger partial charge in [-0.05, 0) is 24.5 Å². The van der Waals surface area contributed by atoms with E-state index in [1.54, 1.807) is 11.0 Å². The topological polar surface area (TPSA) is 68.5 Å². The molecule has 0 amide bonds. The summed E-state index contributed by atoms with van der Waals surface area (Å²) in [5.41, 5.74) is 3.87. The Morgan fingerprint density at radius 1 is 0.923 bits per heavy atom. The number of hydrogen-bond acceptors (Lipinski definition) is 5. The number of anilines is 1. The number of nitrogens with zero attached hydrogens (tertiary/aromatic N) is 5. The van der Waals surface area contributed by atoms with Gasteiger partial charge in [-0.1, -0.05) is 65.9 Å². The SMILES string of the molecule is C[C@H](Cc1ccccc1)Nc1ncnc2c1nnn2Cc1ccccc1. The van der Waals surface area contributed by atoms with Crippen LogP contribution in [-0.2, 0) is 13.0 Å². The van der Waals surface area contributed by atoms with E-state index in [1.165, 1.54) is 5.56 Å². The second-order valence-corrected chi connectivity index (χ2v) is 6.36. The van der Waals surface area contributed by atoms with E-state index in [0.29, 0.717) is 12.1 Å². The van der Waals surface area contributed by atoms with E-state index in [-0.39, 0.29) is 6.04 Å². The summed E-state index contributed by atoms with van der Waals surface area (Å²) < 4.78 is 1.80. The molecule has 0 bridgehead atoms. The van der Waals surface area contributed by atoms with Crippen molar-refractivity contribution in [3.8, 4) is 0 Å². The molecule has 6 heteroatoms. The van der Waals surface area contributed by atoms with Crippen LogP contribution in [0.3, 0.4) is 0 Å². The van der Waals surface area contributed by atoms with Gasteiger partial charge < -0.3 is 5.32 Å². The van der Waals surface area contributed by atoms with Crippen molar-refractivity contribution in [1.29, 1.82) is 0 Å². The highest BCUT2D eigenvalue weighted by atomic mass is 15.4. The molecule has 0 saturated carbocycles. The molecule has 0 aliphatic heterocycles. The van der Waals surface area contributed by atoms with Crippen molar-refractivity contribution in [2.45, 2.75) is 25.9 Å². The van der Waals surface area contributed by atoms with Crippen molar-refractivity contribution in [2.24, 2.45) is 0 Å². The third-order valence-corrected chi connectivity index (χ3v) is 4.24. The summed E-state index contributed by atoms with van der Waals surface area (Å²) in [6.45, 7) is 2.77. The van der Waals surface area contributed by atoms with Crippen LogP contribution in [0.4, 0.5) is 5.82 Å². The molecule has 0 spiro atoms. The molecule has 0 aliphatic carbocycles. The van der Waals surface area contributed by atoms with Gasteiger partial charge in [-0.25, -0.2) is 14.6 Å². The highest BCUT2D eigenvalue weighted by Crippen LogP contribution is 2.18. The number of hydrogen-bond donors (Lipinski definition) is 1. The molecule has 4 rings (SSSR count). The van der Waals surface area contributed by atoms with Crippen LogP contribution < -0.4 is 5.32 Å². The second-order valence-electron chi connectivity index (χ2n) is 6.36. The normalized spacial score (nSPS) is 12.2. The van der Waals surface area contributed by atoms with Crippen molar-refractivity contribution in [2.75, 3.05) is 5.32 Å². The molecule has 2 aromatic carbocycles. The van der Waals surface area contributed by atoms with Gasteiger partial charge in [-0.15, -0.1) is 5.10 Å². The first-order chi connectivity index (χ1) is 12.8. The van der Waals surface area contributed by atoms with E-state index < -0.39 is 0 Å². The van der Waals surface area contributed by atoms with E-state index in [4.69, 9.17) is 0 Å². The lowest BCUT2D eigenvalue weighted by atomic mass is 10.1. The third kappa shape index (κ3) is 3.54. The Hall–Kier alpha value is -3.28. The Morgan fingerprint density at radius 2 is 1.62 bits per heavy atom. The van der Waals surface area contributed by atoms with Gasteiger partial charge in [0, 0.05) is 6.04 Å². The molecule has 2 heterocycles. The largest absolute Gasteiger partial charge is 0.365 e. The van der Waals surface area contributed by atoms with Crippen LogP contribution in [0, 0.1) is 0 Å². The summed E-state index contributed by atoms with van der Waals surface area (Å²) in [7, 11) is 0. The molecule has 0 saturated heterocycles. The standard InChI is InChI=1S/C20H20N6/c1-15(12-16-8-4-2-5-9-16)23-19-18-20(22-14-21-19)26(25-24-18)13-17-10-6-3-7-11-17/h2-11,14-15H,12-13H2,1H3,(H,21,22,23)/t15-/m1/s1. The Labute approximate surface area is 151 Å². The van der Waals surface area contributed by atoms with Crippen molar-refractivity contribution in [3.63, 3.8) is 0 Å². The first-order valence-electron chi connectivity index (χ1n) is 8.68. The molecule has 1 atom stereocenters. The lowest BCUT2D eigenvalue weighted by molar-refractivity contribution is 0.664. The van der Waals surface area contributed by atoms with Crippen molar-refractivity contribution < 1.29 is 0 Å². The van der Waals surface area contributed by atoms with Crippen LogP contribution >= 0.6 is 0 Å². The zero-order valence-corrected chi connectivity index (χ0v) is 14.6. The molecule has 4 aromatic rings. The molecule has 130 valence electrons. The van der Waals surface area contributed by atoms with Crippen LogP contribution in [0.5, 0.6) is 0 Å². The minimum absolute atomic E-state index is 0.217. The van der Waals surface area contributed by atoms with Gasteiger partial charge in [0.05, 0.1) is 6.54 Å². The van der Waals surface area contributed by atoms with Crippen LogP contribution in [0.2, 0.25) is 0 Å². The van der Waals surface area contributed by atoms with Crippen molar-refractivity contribution in [3.05, 3.63) is 78.1 Å². The van der Waals surface area contributed by atoms with Gasteiger partial charge in [0.2, 0.25) is 0 Å². The van der Waals surface area contributed by atoms with Crippen LogP contribution in [0.1, 0.15) is 18.1 Å². The fourth-order valence-electron chi connectivity index (χ4n) is 3.01. The van der Waals surface area contributed by atoms with Gasteiger partial charge in [-0.3, -0.25) is 0 Å². The second kappa shape index (κ2) is 7.31. The predicted octanol–water partition coefficient (Wildman–Crippen LogP) is 3.31. The maximum Gasteiger partial charge on any atom is 0.184 e. The van der Waals surface area contributed by atoms with Crippen LogP contribution in [0.15, 0.2) is 67.0 Å². The first kappa shape index (κ1) is 16.2. The van der Waals surface area contributed by atoms with Crippen LogP contribution in [0.25, 0.3) is 11.2 Å². The summed E-state index contributed by atoms with van der Waals surface area (Å²) in [4.78, 5) is 8.75. The van der Waals surface area contributed by atoms with E-state index in [0.717, 1.165) is 23.4 Å². The zero-order valence-electron chi connectivity index (χ0n) is 14.6. The van der Waals surface area contributed by atoms with E-state index in [2.05, 4.69) is 68.9 Å². The van der Waals surface area contributed by atoms with Gasteiger partial charge in [-0.2, -0.15) is 0 Å². The van der Waals surface area contributed by atoms with Crippen molar-refractivity contribution >= 4 is 17.0 Å². The third-order valence-electron chi connectivity index (χ3n) is 4.24. The van der Waals surface area contributed by atoms with Gasteiger partial charge in [0.15, 0.2) is 17.0 Å². The molecule has 0 fully saturated rings. The first-order valence-corrected chi connectivity index (χ1v) is 8.68. The zero-order chi connectivity index (χ0) is 17.8. The minimum Gasteiger partial charge on any atom is -0.365 e. The van der Waals surface area contributed by atoms with E-state index in [1.807, 2.05) is 24.3 Å². The fourth-order valence-corrected chi connectivity index (χ4v) is 3.01. The number of rotatable bonds is 6. The van der Waals surface area contributed by atoms with Gasteiger partial charge >= 0.3 is 0 Å². The molecule has 2 aromatic heterocycles. The maximum atomic E-state index is 4.38. The molecule has 0 aliphatic rings. The Kier molecular flexibility index (Phi) is 4.55. The van der Waals surface area contributed by atoms with Crippen molar-refractivity contribution in [1.82, 2.24) is 25.0 Å². The predicted molar refractivity (Wildman–Crippen MR) is 102 cm³/mol. The van der Waals surface area contributed by atoms with E-state index >= 15 is 0 Å². The number of nitrogens with one attached hydrogen (secondary N) is 1. The summed E-state index contributed by atoms with van der Waals surface area (Å²) in [6, 6.07) is 20.8. The average molecular weight is 344 g/mol. The number of benzene rings is 2. The van der Waals surface area contributed by atoms with Gasteiger partial charge in [0.25, 0.3) is 0 Å². The smallest absolute Gasteiger partial charge is 0.184 e. The van der Waals surface area contributed by atoms with Crippen LogP contribution in [-0.4, -0.2) is 31.0 Å². The summed E-state index contributed by atoms with van der Waals surface area (Å²) >= 11 is 0. The Bertz CT molecular complexity index is 981. The molecule has 0 unspecified atom stereocenters. The minimum atomic E-state index is 0.217. The Morgan fingerprint density at radius 3 is 2.35 bits per heavy atom. The Balaban J connectivity index is 1.55. The van der Waals surface area contributed by atoms with E-state index in [9.17, 15) is 0 Å². The monoisotopic (exact) mass is 344 g/mol. The molecular weight excluding hydrogens is 324 g/mol.